The van der Waals surface area contributed by atoms with E-state index in [0.717, 1.165) is 4.47 Å². The molecule has 0 aliphatic rings. The molecule has 0 saturated carbocycles. The number of ketones is 1. The van der Waals surface area contributed by atoms with Crippen LogP contribution in [0.2, 0.25) is 0 Å². The van der Waals surface area contributed by atoms with Crippen molar-refractivity contribution in [2.75, 3.05) is 12.4 Å². The Hall–Kier alpha value is -3.38. The maximum Gasteiger partial charge on any atom is 0.255 e. The number of amides is 1. The number of para-hydroxylation sites is 1. The lowest BCUT2D eigenvalue weighted by molar-refractivity contribution is 0.101. The van der Waals surface area contributed by atoms with Gasteiger partial charge in [0.1, 0.15) is 11.3 Å². The molecule has 0 bridgehead atoms. The summed E-state index contributed by atoms with van der Waals surface area (Å²) in [5.41, 5.74) is 1.79. The van der Waals surface area contributed by atoms with Crippen LogP contribution in [0.4, 0.5) is 5.69 Å². The first-order valence-corrected chi connectivity index (χ1v) is 9.63. The highest BCUT2D eigenvalue weighted by Crippen LogP contribution is 2.33. The third-order valence-corrected chi connectivity index (χ3v) is 5.03. The molecule has 6 heteroatoms. The monoisotopic (exact) mass is 449 g/mol. The standard InChI is InChI=1S/C23H16BrNO4/c1-28-17-12-8-15(9-13-17)23(27)25-20-18-4-2-3-5-19(18)29-22(20)21(26)14-6-10-16(24)11-7-14/h2-13H,1H3,(H,25,27). The Morgan fingerprint density at radius 1 is 0.897 bits per heavy atom. The van der Waals surface area contributed by atoms with Crippen LogP contribution in [-0.4, -0.2) is 18.8 Å². The van der Waals surface area contributed by atoms with Gasteiger partial charge in [0.15, 0.2) is 5.76 Å². The lowest BCUT2D eigenvalue weighted by Gasteiger charge is -2.07. The third kappa shape index (κ3) is 3.79. The molecule has 0 atom stereocenters. The molecular weight excluding hydrogens is 434 g/mol. The summed E-state index contributed by atoms with van der Waals surface area (Å²) in [7, 11) is 1.56. The summed E-state index contributed by atoms with van der Waals surface area (Å²) >= 11 is 3.36. The number of methoxy groups -OCH3 is 1. The van der Waals surface area contributed by atoms with Crippen LogP contribution >= 0.6 is 15.9 Å². The predicted octanol–water partition coefficient (Wildman–Crippen LogP) is 5.69. The molecule has 1 N–H and O–H groups in total. The molecule has 3 aromatic carbocycles. The van der Waals surface area contributed by atoms with E-state index in [-0.39, 0.29) is 17.5 Å². The fourth-order valence-corrected chi connectivity index (χ4v) is 3.25. The van der Waals surface area contributed by atoms with Crippen LogP contribution in [0.15, 0.2) is 81.7 Å². The van der Waals surface area contributed by atoms with Crippen molar-refractivity contribution in [1.82, 2.24) is 0 Å². The molecule has 4 rings (SSSR count). The number of furan rings is 1. The molecule has 0 saturated heterocycles. The Morgan fingerprint density at radius 3 is 2.24 bits per heavy atom. The molecule has 1 amide bonds. The van der Waals surface area contributed by atoms with Gasteiger partial charge in [-0.15, -0.1) is 0 Å². The van der Waals surface area contributed by atoms with E-state index < -0.39 is 0 Å². The van der Waals surface area contributed by atoms with Crippen LogP contribution in [0, 0.1) is 0 Å². The van der Waals surface area contributed by atoms with Crippen LogP contribution in [0.25, 0.3) is 11.0 Å². The summed E-state index contributed by atoms with van der Waals surface area (Å²) in [6, 6.07) is 20.9. The fourth-order valence-electron chi connectivity index (χ4n) is 2.99. The first kappa shape index (κ1) is 19.0. The number of rotatable bonds is 5. The van der Waals surface area contributed by atoms with E-state index in [1.54, 1.807) is 67.8 Å². The summed E-state index contributed by atoms with van der Waals surface area (Å²) in [6.07, 6.45) is 0. The van der Waals surface area contributed by atoms with Crippen LogP contribution in [-0.2, 0) is 0 Å². The molecule has 0 fully saturated rings. The number of fused-ring (bicyclic) bond motifs is 1. The van der Waals surface area contributed by atoms with Gasteiger partial charge in [0.2, 0.25) is 5.78 Å². The molecule has 0 radical (unpaired) electrons. The van der Waals surface area contributed by atoms with Crippen molar-refractivity contribution in [3.8, 4) is 5.75 Å². The topological polar surface area (TPSA) is 68.5 Å². The highest BCUT2D eigenvalue weighted by molar-refractivity contribution is 9.10. The molecule has 0 unspecified atom stereocenters. The van der Waals surface area contributed by atoms with Gasteiger partial charge >= 0.3 is 0 Å². The molecule has 0 spiro atoms. The van der Waals surface area contributed by atoms with Crippen molar-refractivity contribution in [1.29, 1.82) is 0 Å². The van der Waals surface area contributed by atoms with Crippen LogP contribution in [0.1, 0.15) is 26.5 Å². The zero-order valence-corrected chi connectivity index (χ0v) is 17.0. The van der Waals surface area contributed by atoms with Gasteiger partial charge < -0.3 is 14.5 Å². The van der Waals surface area contributed by atoms with Crippen molar-refractivity contribution in [2.45, 2.75) is 0 Å². The van der Waals surface area contributed by atoms with E-state index in [1.807, 2.05) is 12.1 Å². The number of benzene rings is 3. The summed E-state index contributed by atoms with van der Waals surface area (Å²) < 4.78 is 11.8. The van der Waals surface area contributed by atoms with Gasteiger partial charge in [-0.2, -0.15) is 0 Å². The van der Waals surface area contributed by atoms with Crippen molar-refractivity contribution >= 4 is 44.3 Å². The van der Waals surface area contributed by atoms with Crippen LogP contribution < -0.4 is 10.1 Å². The van der Waals surface area contributed by atoms with E-state index in [0.29, 0.717) is 33.5 Å². The number of hydrogen-bond donors (Lipinski definition) is 1. The maximum absolute atomic E-state index is 13.1. The number of nitrogens with one attached hydrogen (secondary N) is 1. The summed E-state index contributed by atoms with van der Waals surface area (Å²) in [5.74, 6) is 0.0968. The van der Waals surface area contributed by atoms with Gasteiger partial charge in [0.05, 0.1) is 12.8 Å². The Labute approximate surface area is 175 Å². The van der Waals surface area contributed by atoms with Gasteiger partial charge in [-0.25, -0.2) is 0 Å². The highest BCUT2D eigenvalue weighted by Gasteiger charge is 2.23. The summed E-state index contributed by atoms with van der Waals surface area (Å²) in [4.78, 5) is 25.9. The molecule has 0 aliphatic carbocycles. The van der Waals surface area contributed by atoms with E-state index >= 15 is 0 Å². The minimum atomic E-state index is -0.343. The lowest BCUT2D eigenvalue weighted by Crippen LogP contribution is -2.14. The quantitative estimate of drug-likeness (QED) is 0.397. The molecule has 1 aromatic heterocycles. The second-order valence-corrected chi connectivity index (χ2v) is 7.24. The molecule has 5 nitrogen and oxygen atoms in total. The Bertz CT molecular complexity index is 1190. The number of carbonyl (C=O) groups excluding carboxylic acids is 2. The average Bonchev–Trinajstić information content (AvgIpc) is 3.12. The second-order valence-electron chi connectivity index (χ2n) is 6.32. The minimum absolute atomic E-state index is 0.0929. The highest BCUT2D eigenvalue weighted by atomic mass is 79.9. The SMILES string of the molecule is COc1ccc(C(=O)Nc2c(C(=O)c3ccc(Br)cc3)oc3ccccc23)cc1. The van der Waals surface area contributed by atoms with E-state index in [4.69, 9.17) is 9.15 Å². The Morgan fingerprint density at radius 2 is 1.55 bits per heavy atom. The molecule has 1 heterocycles. The van der Waals surface area contributed by atoms with E-state index in [9.17, 15) is 9.59 Å². The Kier molecular flexibility index (Phi) is 5.18. The smallest absolute Gasteiger partial charge is 0.255 e. The first-order chi connectivity index (χ1) is 14.1. The van der Waals surface area contributed by atoms with Crippen molar-refractivity contribution < 1.29 is 18.7 Å². The summed E-state index contributed by atoms with van der Waals surface area (Å²) in [5, 5.41) is 3.51. The largest absolute Gasteiger partial charge is 0.497 e. The van der Waals surface area contributed by atoms with Gasteiger partial charge in [0, 0.05) is 21.0 Å². The number of ether oxygens (including phenoxy) is 1. The van der Waals surface area contributed by atoms with E-state index in [1.165, 1.54) is 0 Å². The number of hydrogen-bond acceptors (Lipinski definition) is 4. The van der Waals surface area contributed by atoms with Crippen LogP contribution in [0.5, 0.6) is 5.75 Å². The van der Waals surface area contributed by atoms with Gasteiger partial charge in [-0.05, 0) is 60.7 Å². The average molecular weight is 450 g/mol. The molecule has 29 heavy (non-hydrogen) atoms. The van der Waals surface area contributed by atoms with Gasteiger partial charge in [0.25, 0.3) is 5.91 Å². The third-order valence-electron chi connectivity index (χ3n) is 4.50. The summed E-state index contributed by atoms with van der Waals surface area (Å²) in [6.45, 7) is 0. The van der Waals surface area contributed by atoms with Crippen molar-refractivity contribution in [3.63, 3.8) is 0 Å². The number of anilines is 1. The molecule has 144 valence electrons. The second kappa shape index (κ2) is 7.93. The Balaban J connectivity index is 1.74. The zero-order valence-electron chi connectivity index (χ0n) is 15.4. The molecule has 4 aromatic rings. The van der Waals surface area contributed by atoms with Gasteiger partial charge in [-0.3, -0.25) is 9.59 Å². The molecular formula is C23H16BrNO4. The lowest BCUT2D eigenvalue weighted by atomic mass is 10.1. The molecule has 0 aliphatic heterocycles. The van der Waals surface area contributed by atoms with Gasteiger partial charge in [-0.1, -0.05) is 28.1 Å². The van der Waals surface area contributed by atoms with Crippen molar-refractivity contribution in [3.05, 3.63) is 94.2 Å². The minimum Gasteiger partial charge on any atom is -0.497 e. The van der Waals surface area contributed by atoms with E-state index in [2.05, 4.69) is 21.2 Å². The first-order valence-electron chi connectivity index (χ1n) is 8.84. The van der Waals surface area contributed by atoms with Crippen molar-refractivity contribution in [2.24, 2.45) is 0 Å². The maximum atomic E-state index is 13.1. The fraction of sp³-hybridized carbons (Fsp3) is 0.0435. The normalized spacial score (nSPS) is 10.7. The predicted molar refractivity (Wildman–Crippen MR) is 115 cm³/mol. The van der Waals surface area contributed by atoms with Crippen LogP contribution in [0.3, 0.4) is 0 Å². The zero-order chi connectivity index (χ0) is 20.4. The number of carbonyl (C=O) groups is 2. The number of halogens is 1.